The van der Waals surface area contributed by atoms with Crippen LogP contribution in [0.2, 0.25) is 0 Å². The van der Waals surface area contributed by atoms with Gasteiger partial charge in [0.25, 0.3) is 11.8 Å². The number of carboxylic acid groups (broad SMARTS) is 2. The zero-order valence-electron chi connectivity index (χ0n) is 22.7. The van der Waals surface area contributed by atoms with Gasteiger partial charge in [0.15, 0.2) is 0 Å². The van der Waals surface area contributed by atoms with E-state index in [9.17, 15) is 29.4 Å². The Balaban J connectivity index is 1.97. The van der Waals surface area contributed by atoms with E-state index < -0.39 is 11.9 Å². The molecule has 8 heteroatoms. The lowest BCUT2D eigenvalue weighted by Crippen LogP contribution is -2.34. The molecule has 0 aliphatic rings. The van der Waals surface area contributed by atoms with E-state index >= 15 is 0 Å². The van der Waals surface area contributed by atoms with Crippen molar-refractivity contribution in [2.24, 2.45) is 0 Å². The van der Waals surface area contributed by atoms with Gasteiger partial charge >= 0.3 is 11.9 Å². The maximum absolute atomic E-state index is 13.5. The van der Waals surface area contributed by atoms with Gasteiger partial charge in [0.2, 0.25) is 0 Å². The SMILES string of the molecule is CCC(C)NC(=O)c1ccc2c3ccc(C(=O)O)c4c(C(=O)O)ccc(c5ccc(C(=O)NC(C)CC)c1c25)c43. The second-order valence-corrected chi connectivity index (χ2v) is 10.3. The van der Waals surface area contributed by atoms with E-state index in [1.54, 1.807) is 36.4 Å². The van der Waals surface area contributed by atoms with Crippen LogP contribution in [-0.4, -0.2) is 46.0 Å². The van der Waals surface area contributed by atoms with Crippen LogP contribution in [-0.2, 0) is 0 Å². The van der Waals surface area contributed by atoms with Gasteiger partial charge in [-0.15, -0.1) is 0 Å². The van der Waals surface area contributed by atoms with Crippen molar-refractivity contribution in [3.05, 3.63) is 70.8 Å². The fourth-order valence-corrected chi connectivity index (χ4v) is 5.43. The van der Waals surface area contributed by atoms with Crippen LogP contribution in [0.15, 0.2) is 48.5 Å². The lowest BCUT2D eigenvalue weighted by Gasteiger charge is -2.21. The third-order valence-electron chi connectivity index (χ3n) is 7.83. The van der Waals surface area contributed by atoms with E-state index in [1.807, 2.05) is 27.7 Å². The summed E-state index contributed by atoms with van der Waals surface area (Å²) in [5.74, 6) is -3.05. The lowest BCUT2D eigenvalue weighted by atomic mass is 9.84. The van der Waals surface area contributed by atoms with Crippen molar-refractivity contribution in [1.29, 1.82) is 0 Å². The maximum Gasteiger partial charge on any atom is 0.336 e. The van der Waals surface area contributed by atoms with Crippen molar-refractivity contribution >= 4 is 66.8 Å². The van der Waals surface area contributed by atoms with Crippen molar-refractivity contribution in [2.45, 2.75) is 52.6 Å². The number of rotatable bonds is 8. The van der Waals surface area contributed by atoms with Gasteiger partial charge in [-0.1, -0.05) is 38.1 Å². The van der Waals surface area contributed by atoms with E-state index in [4.69, 9.17) is 0 Å². The number of nitrogens with one attached hydrogen (secondary N) is 2. The van der Waals surface area contributed by atoms with Gasteiger partial charge in [0.1, 0.15) is 0 Å². The number of aromatic carboxylic acids is 2. The highest BCUT2D eigenvalue weighted by Gasteiger charge is 2.26. The molecule has 8 nitrogen and oxygen atoms in total. The number of carbonyl (C=O) groups excluding carboxylic acids is 2. The highest BCUT2D eigenvalue weighted by Crippen LogP contribution is 2.44. The first-order valence-electron chi connectivity index (χ1n) is 13.4. The van der Waals surface area contributed by atoms with Gasteiger partial charge in [-0.25, -0.2) is 9.59 Å². The minimum Gasteiger partial charge on any atom is -0.478 e. The molecular weight excluding hydrogens is 508 g/mol. The average molecular weight is 539 g/mol. The fraction of sp³-hybridized carbons (Fsp3) is 0.250. The minimum absolute atomic E-state index is 0.0749. The van der Waals surface area contributed by atoms with Crippen LogP contribution < -0.4 is 10.6 Å². The first kappa shape index (κ1) is 26.9. The number of benzene rings is 5. The molecule has 0 aliphatic heterocycles. The first-order valence-corrected chi connectivity index (χ1v) is 13.4. The standard InChI is InChI=1S/C32H30N2O6/c1-5-15(3)33-29(35)21-11-7-17-19-9-13-23(31(37)38)28-24(32(39)40)14-10-20(26(19)28)18-8-12-22(27(21)25(17)18)30(36)34-16(4)6-2/h7-16H,5-6H2,1-4H3,(H,33,35)(H,34,36)(H,37,38)(H,39,40). The smallest absolute Gasteiger partial charge is 0.336 e. The molecule has 5 rings (SSSR count). The third-order valence-corrected chi connectivity index (χ3v) is 7.83. The molecule has 4 N–H and O–H groups in total. The summed E-state index contributed by atoms with van der Waals surface area (Å²) in [5, 5.41) is 30.4. The summed E-state index contributed by atoms with van der Waals surface area (Å²) in [4.78, 5) is 51.3. The molecule has 0 spiro atoms. The molecule has 5 aromatic carbocycles. The van der Waals surface area contributed by atoms with Gasteiger partial charge in [-0.05, 0) is 83.3 Å². The summed E-state index contributed by atoms with van der Waals surface area (Å²) in [7, 11) is 0. The van der Waals surface area contributed by atoms with Crippen LogP contribution in [0.5, 0.6) is 0 Å². The molecule has 40 heavy (non-hydrogen) atoms. The molecule has 5 aromatic rings. The molecule has 0 saturated heterocycles. The molecule has 2 unspecified atom stereocenters. The predicted octanol–water partition coefficient (Wildman–Crippen LogP) is 6.19. The van der Waals surface area contributed by atoms with Gasteiger partial charge in [0, 0.05) is 34.0 Å². The summed E-state index contributed by atoms with van der Waals surface area (Å²) >= 11 is 0. The van der Waals surface area contributed by atoms with E-state index in [0.29, 0.717) is 48.8 Å². The Morgan fingerprint density at radius 1 is 0.550 bits per heavy atom. The Hall–Kier alpha value is -4.72. The van der Waals surface area contributed by atoms with Gasteiger partial charge < -0.3 is 20.8 Å². The number of hydrogen-bond acceptors (Lipinski definition) is 4. The van der Waals surface area contributed by atoms with E-state index in [0.717, 1.165) is 12.8 Å². The van der Waals surface area contributed by atoms with Crippen molar-refractivity contribution < 1.29 is 29.4 Å². The average Bonchev–Trinajstić information content (AvgIpc) is 2.94. The highest BCUT2D eigenvalue weighted by atomic mass is 16.4. The number of hydrogen-bond donors (Lipinski definition) is 4. The van der Waals surface area contributed by atoms with Crippen LogP contribution in [0.25, 0.3) is 43.1 Å². The second-order valence-electron chi connectivity index (χ2n) is 10.3. The summed E-state index contributed by atoms with van der Waals surface area (Å²) in [6.07, 6.45) is 1.48. The molecule has 2 amide bonds. The van der Waals surface area contributed by atoms with Crippen LogP contribution in [0.1, 0.15) is 82.0 Å². The Kier molecular flexibility index (Phi) is 6.79. The second kappa shape index (κ2) is 10.1. The molecule has 0 radical (unpaired) electrons. The molecule has 0 heterocycles. The predicted molar refractivity (Wildman–Crippen MR) is 156 cm³/mol. The Bertz CT molecular complexity index is 1730. The molecule has 0 aromatic heterocycles. The van der Waals surface area contributed by atoms with Crippen LogP contribution in [0, 0.1) is 0 Å². The zero-order valence-corrected chi connectivity index (χ0v) is 22.7. The van der Waals surface area contributed by atoms with Gasteiger partial charge in [0.05, 0.1) is 11.1 Å². The van der Waals surface area contributed by atoms with Gasteiger partial charge in [-0.2, -0.15) is 0 Å². The van der Waals surface area contributed by atoms with E-state index in [1.165, 1.54) is 12.1 Å². The number of carboxylic acids is 2. The summed E-state index contributed by atoms with van der Waals surface area (Å²) in [6, 6.07) is 13.0. The Morgan fingerprint density at radius 2 is 0.850 bits per heavy atom. The summed E-state index contributed by atoms with van der Waals surface area (Å²) in [5.41, 5.74) is 0.511. The summed E-state index contributed by atoms with van der Waals surface area (Å²) < 4.78 is 0. The van der Waals surface area contributed by atoms with Crippen molar-refractivity contribution in [3.8, 4) is 0 Å². The quantitative estimate of drug-likeness (QED) is 0.138. The molecule has 0 aliphatic carbocycles. The number of carbonyl (C=O) groups is 4. The lowest BCUT2D eigenvalue weighted by molar-refractivity contribution is 0.0695. The van der Waals surface area contributed by atoms with E-state index in [2.05, 4.69) is 10.6 Å². The molecule has 2 atom stereocenters. The normalized spacial score (nSPS) is 13.1. The number of amides is 2. The first-order chi connectivity index (χ1) is 19.1. The van der Waals surface area contributed by atoms with Crippen LogP contribution in [0.4, 0.5) is 0 Å². The Labute approximate surface area is 230 Å². The zero-order chi connectivity index (χ0) is 28.9. The van der Waals surface area contributed by atoms with Crippen molar-refractivity contribution in [2.75, 3.05) is 0 Å². The molecule has 0 bridgehead atoms. The molecule has 0 fully saturated rings. The number of fused-ring (bicyclic) bond motifs is 2. The molecular formula is C32H30N2O6. The third kappa shape index (κ3) is 4.16. The monoisotopic (exact) mass is 538 g/mol. The fourth-order valence-electron chi connectivity index (χ4n) is 5.43. The van der Waals surface area contributed by atoms with Crippen molar-refractivity contribution in [1.82, 2.24) is 10.6 Å². The summed E-state index contributed by atoms with van der Waals surface area (Å²) in [6.45, 7) is 7.77. The van der Waals surface area contributed by atoms with Gasteiger partial charge in [-0.3, -0.25) is 9.59 Å². The van der Waals surface area contributed by atoms with Crippen LogP contribution >= 0.6 is 0 Å². The topological polar surface area (TPSA) is 133 Å². The van der Waals surface area contributed by atoms with Crippen LogP contribution in [0.3, 0.4) is 0 Å². The maximum atomic E-state index is 13.5. The molecule has 0 saturated carbocycles. The molecule has 204 valence electrons. The highest BCUT2D eigenvalue weighted by molar-refractivity contribution is 6.38. The van der Waals surface area contributed by atoms with Crippen molar-refractivity contribution in [3.63, 3.8) is 0 Å². The Morgan fingerprint density at radius 3 is 1.15 bits per heavy atom. The largest absolute Gasteiger partial charge is 0.478 e. The minimum atomic E-state index is -1.23. The van der Waals surface area contributed by atoms with E-state index in [-0.39, 0.29) is 40.4 Å².